The maximum absolute atomic E-state index is 13.7. The van der Waals surface area contributed by atoms with E-state index in [0.717, 1.165) is 32.5 Å². The van der Waals surface area contributed by atoms with E-state index in [4.69, 9.17) is 25.8 Å². The highest BCUT2D eigenvalue weighted by Crippen LogP contribution is 2.32. The second-order valence-electron chi connectivity index (χ2n) is 10.2. The van der Waals surface area contributed by atoms with Crippen LogP contribution in [0.5, 0.6) is 11.5 Å². The van der Waals surface area contributed by atoms with Crippen molar-refractivity contribution >= 4 is 27.7 Å². The lowest BCUT2D eigenvalue weighted by Gasteiger charge is -2.35. The lowest BCUT2D eigenvalue weighted by Crippen LogP contribution is -2.49. The van der Waals surface area contributed by atoms with Gasteiger partial charge in [0.2, 0.25) is 0 Å². The lowest BCUT2D eigenvalue weighted by molar-refractivity contribution is 0.0329. The maximum Gasteiger partial charge on any atom is 0.424 e. The summed E-state index contributed by atoms with van der Waals surface area (Å²) in [6, 6.07) is 18.5. The summed E-state index contributed by atoms with van der Waals surface area (Å²) in [7, 11) is -2.57. The first-order valence-electron chi connectivity index (χ1n) is 12.4. The van der Waals surface area contributed by atoms with Crippen LogP contribution >= 0.6 is 11.6 Å². The highest BCUT2D eigenvalue weighted by Gasteiger charge is 2.40. The Bertz CT molecular complexity index is 1380. The Morgan fingerprint density at radius 3 is 2.29 bits per heavy atom. The van der Waals surface area contributed by atoms with Gasteiger partial charge in [-0.2, -0.15) is 4.31 Å². The van der Waals surface area contributed by atoms with E-state index in [1.807, 2.05) is 42.5 Å². The van der Waals surface area contributed by atoms with Crippen molar-refractivity contribution in [3.63, 3.8) is 0 Å². The molecule has 0 fully saturated rings. The molecule has 0 bridgehead atoms. The highest BCUT2D eigenvalue weighted by atomic mass is 35.5. The summed E-state index contributed by atoms with van der Waals surface area (Å²) in [6.45, 7) is 5.51. The number of hydrogen-bond donors (Lipinski definition) is 0. The van der Waals surface area contributed by atoms with Gasteiger partial charge in [0.25, 0.3) is 10.0 Å². The SMILES string of the molecule is COc1ccc(OCc2cccc3c2CCC(N(C(=O)OC(C)(C)C)S(=O)(=O)c2ccc(Cl)cc2)C3)cc1. The van der Waals surface area contributed by atoms with Crippen LogP contribution in [-0.4, -0.2) is 37.6 Å². The Morgan fingerprint density at radius 2 is 1.66 bits per heavy atom. The molecule has 0 aromatic heterocycles. The first-order chi connectivity index (χ1) is 18.0. The minimum Gasteiger partial charge on any atom is -0.497 e. The summed E-state index contributed by atoms with van der Waals surface area (Å²) < 4.78 is 45.1. The quantitative estimate of drug-likeness (QED) is 0.334. The molecule has 7 nitrogen and oxygen atoms in total. The summed E-state index contributed by atoms with van der Waals surface area (Å²) in [4.78, 5) is 13.3. The third-order valence-corrected chi connectivity index (χ3v) is 8.37. The van der Waals surface area contributed by atoms with E-state index in [-0.39, 0.29) is 4.90 Å². The summed E-state index contributed by atoms with van der Waals surface area (Å²) in [5.74, 6) is 1.48. The monoisotopic (exact) mass is 557 g/mol. The van der Waals surface area contributed by atoms with Gasteiger partial charge < -0.3 is 14.2 Å². The van der Waals surface area contributed by atoms with E-state index >= 15 is 0 Å². The average Bonchev–Trinajstić information content (AvgIpc) is 2.86. The molecule has 0 spiro atoms. The van der Waals surface area contributed by atoms with Crippen LogP contribution in [0.3, 0.4) is 0 Å². The normalized spacial score (nSPS) is 15.3. The van der Waals surface area contributed by atoms with E-state index in [2.05, 4.69) is 0 Å². The number of hydrogen-bond acceptors (Lipinski definition) is 6. The van der Waals surface area contributed by atoms with Crippen LogP contribution in [0.15, 0.2) is 71.6 Å². The Morgan fingerprint density at radius 1 is 1.00 bits per heavy atom. The molecule has 0 heterocycles. The number of fused-ring (bicyclic) bond motifs is 1. The van der Waals surface area contributed by atoms with Crippen LogP contribution in [-0.2, 0) is 34.2 Å². The Labute approximate surface area is 229 Å². The summed E-state index contributed by atoms with van der Waals surface area (Å²) in [5, 5.41) is 0.406. The van der Waals surface area contributed by atoms with Crippen molar-refractivity contribution in [3.8, 4) is 11.5 Å². The van der Waals surface area contributed by atoms with Crippen molar-refractivity contribution < 1.29 is 27.4 Å². The third kappa shape index (κ3) is 6.42. The fourth-order valence-electron chi connectivity index (χ4n) is 4.51. The first kappa shape index (κ1) is 27.8. The van der Waals surface area contributed by atoms with Crippen LogP contribution in [0, 0.1) is 0 Å². The van der Waals surface area contributed by atoms with Crippen molar-refractivity contribution in [3.05, 3.63) is 88.4 Å². The van der Waals surface area contributed by atoms with Crippen molar-refractivity contribution in [2.75, 3.05) is 7.11 Å². The van der Waals surface area contributed by atoms with Crippen LogP contribution in [0.25, 0.3) is 0 Å². The number of benzene rings is 3. The molecule has 0 radical (unpaired) electrons. The number of amides is 1. The predicted molar refractivity (Wildman–Crippen MR) is 146 cm³/mol. The van der Waals surface area contributed by atoms with Gasteiger partial charge >= 0.3 is 6.09 Å². The molecule has 1 amide bonds. The molecule has 202 valence electrons. The highest BCUT2D eigenvalue weighted by molar-refractivity contribution is 7.89. The summed E-state index contributed by atoms with van der Waals surface area (Å²) >= 11 is 5.97. The van der Waals surface area contributed by atoms with Gasteiger partial charge in [-0.3, -0.25) is 0 Å². The minimum absolute atomic E-state index is 0.0137. The molecule has 0 saturated heterocycles. The molecular weight excluding hydrogens is 526 g/mol. The zero-order chi connectivity index (χ0) is 27.5. The molecule has 4 rings (SSSR count). The molecule has 3 aromatic carbocycles. The van der Waals surface area contributed by atoms with Gasteiger partial charge in [0.05, 0.1) is 18.0 Å². The van der Waals surface area contributed by atoms with Crippen molar-refractivity contribution in [2.45, 2.75) is 63.2 Å². The van der Waals surface area contributed by atoms with Crippen LogP contribution in [0.2, 0.25) is 5.02 Å². The Balaban J connectivity index is 1.59. The molecule has 38 heavy (non-hydrogen) atoms. The number of halogens is 1. The van der Waals surface area contributed by atoms with Gasteiger partial charge in [-0.05, 0) is 105 Å². The van der Waals surface area contributed by atoms with E-state index in [9.17, 15) is 13.2 Å². The second-order valence-corrected chi connectivity index (χ2v) is 12.4. The first-order valence-corrected chi connectivity index (χ1v) is 14.2. The van der Waals surface area contributed by atoms with Crippen LogP contribution < -0.4 is 9.47 Å². The fraction of sp³-hybridized carbons (Fsp3) is 0.345. The van der Waals surface area contributed by atoms with Gasteiger partial charge in [0.15, 0.2) is 0 Å². The molecule has 1 unspecified atom stereocenters. The fourth-order valence-corrected chi connectivity index (χ4v) is 6.15. The van der Waals surface area contributed by atoms with E-state index < -0.39 is 27.8 Å². The van der Waals surface area contributed by atoms with Crippen molar-refractivity contribution in [1.29, 1.82) is 0 Å². The van der Waals surface area contributed by atoms with Gasteiger partial charge in [-0.15, -0.1) is 0 Å². The molecule has 1 atom stereocenters. The minimum atomic E-state index is -4.19. The predicted octanol–water partition coefficient (Wildman–Crippen LogP) is 6.41. The van der Waals surface area contributed by atoms with E-state index in [1.54, 1.807) is 27.9 Å². The van der Waals surface area contributed by atoms with Crippen molar-refractivity contribution in [1.82, 2.24) is 4.31 Å². The number of nitrogens with zero attached hydrogens (tertiary/aromatic N) is 1. The van der Waals surface area contributed by atoms with Gasteiger partial charge in [0.1, 0.15) is 23.7 Å². The van der Waals surface area contributed by atoms with Gasteiger partial charge in [-0.25, -0.2) is 13.2 Å². The number of methoxy groups -OCH3 is 1. The third-order valence-electron chi connectivity index (χ3n) is 6.28. The summed E-state index contributed by atoms with van der Waals surface area (Å²) in [5.41, 5.74) is 2.27. The van der Waals surface area contributed by atoms with Crippen molar-refractivity contribution in [2.24, 2.45) is 0 Å². The van der Waals surface area contributed by atoms with E-state index in [1.165, 1.54) is 24.3 Å². The zero-order valence-corrected chi connectivity index (χ0v) is 23.5. The van der Waals surface area contributed by atoms with E-state index in [0.29, 0.717) is 30.9 Å². The standard InChI is InChI=1S/C29H32ClNO6S/c1-29(2,3)37-28(32)31(38(33,34)26-15-8-22(30)9-16-26)23-10-17-27-20(18-23)6-5-7-21(27)19-36-25-13-11-24(35-4)12-14-25/h5-9,11-16,23H,10,17-19H2,1-4H3. The number of carbonyl (C=O) groups excluding carboxylic acids is 1. The zero-order valence-electron chi connectivity index (χ0n) is 21.9. The second kappa shape index (κ2) is 11.3. The largest absolute Gasteiger partial charge is 0.497 e. The molecule has 0 saturated carbocycles. The Kier molecular flexibility index (Phi) is 8.23. The van der Waals surface area contributed by atoms with Gasteiger partial charge in [0, 0.05) is 5.02 Å². The summed E-state index contributed by atoms with van der Waals surface area (Å²) in [6.07, 6.45) is 0.536. The lowest BCUT2D eigenvalue weighted by atomic mass is 9.85. The van der Waals surface area contributed by atoms with Crippen LogP contribution in [0.4, 0.5) is 4.79 Å². The molecule has 3 aromatic rings. The molecule has 1 aliphatic carbocycles. The maximum atomic E-state index is 13.7. The number of ether oxygens (including phenoxy) is 3. The molecule has 1 aliphatic rings. The smallest absolute Gasteiger partial charge is 0.424 e. The average molecular weight is 558 g/mol. The number of sulfonamides is 1. The molecule has 0 N–H and O–H groups in total. The van der Waals surface area contributed by atoms with Crippen LogP contribution in [0.1, 0.15) is 43.9 Å². The molecular formula is C29H32ClNO6S. The number of carbonyl (C=O) groups is 1. The topological polar surface area (TPSA) is 82.1 Å². The number of rotatable bonds is 7. The Hall–Kier alpha value is -3.23. The molecule has 9 heteroatoms. The molecule has 0 aliphatic heterocycles. The van der Waals surface area contributed by atoms with Gasteiger partial charge in [-0.1, -0.05) is 29.8 Å².